The Morgan fingerprint density at radius 2 is 1.94 bits per heavy atom. The maximum absolute atomic E-state index is 11.3. The summed E-state index contributed by atoms with van der Waals surface area (Å²) in [6, 6.07) is -1.48. The molecule has 0 aliphatic carbocycles. The monoisotopic (exact) mass is 247 g/mol. The highest BCUT2D eigenvalue weighted by Crippen LogP contribution is 1.90. The molecule has 1 unspecified atom stereocenters. The molecule has 0 fully saturated rings. The zero-order valence-electron chi connectivity index (χ0n) is 10.4. The number of rotatable bonds is 7. The first-order valence-corrected chi connectivity index (χ1v) is 5.46. The summed E-state index contributed by atoms with van der Waals surface area (Å²) in [7, 11) is 1.93. The van der Waals surface area contributed by atoms with E-state index in [1.807, 2.05) is 25.8 Å². The minimum Gasteiger partial charge on any atom is -0.480 e. The molecule has 2 amide bonds. The van der Waals surface area contributed by atoms with Crippen molar-refractivity contribution in [2.45, 2.75) is 25.9 Å². The third-order valence-corrected chi connectivity index (χ3v) is 2.42. The van der Waals surface area contributed by atoms with E-state index in [1.165, 1.54) is 0 Å². The largest absolute Gasteiger partial charge is 0.480 e. The summed E-state index contributed by atoms with van der Waals surface area (Å²) in [4.78, 5) is 23.8. The second kappa shape index (κ2) is 7.86. The van der Waals surface area contributed by atoms with Gasteiger partial charge in [0.25, 0.3) is 0 Å². The van der Waals surface area contributed by atoms with Crippen LogP contribution in [0.2, 0.25) is 0 Å². The Morgan fingerprint density at radius 3 is 2.35 bits per heavy atom. The second-order valence-electron chi connectivity index (χ2n) is 4.05. The molecule has 0 bridgehead atoms. The number of amides is 2. The van der Waals surface area contributed by atoms with Gasteiger partial charge >= 0.3 is 12.0 Å². The zero-order chi connectivity index (χ0) is 13.4. The lowest BCUT2D eigenvalue weighted by molar-refractivity contribution is -0.140. The second-order valence-corrected chi connectivity index (χ2v) is 4.05. The number of hydrogen-bond donors (Lipinski definition) is 4. The Labute approximate surface area is 101 Å². The fraction of sp³-hybridized carbons (Fsp3) is 0.800. The summed E-state index contributed by atoms with van der Waals surface area (Å²) in [5, 5.41) is 22.0. The van der Waals surface area contributed by atoms with Gasteiger partial charge in [-0.3, -0.25) is 0 Å². The van der Waals surface area contributed by atoms with E-state index in [9.17, 15) is 9.59 Å². The number of aliphatic carboxylic acids is 1. The lowest BCUT2D eigenvalue weighted by Crippen LogP contribution is -2.49. The van der Waals surface area contributed by atoms with Crippen molar-refractivity contribution in [2.75, 3.05) is 26.7 Å². The number of hydrogen-bond acceptors (Lipinski definition) is 4. The Bertz CT molecular complexity index is 258. The number of aliphatic hydroxyl groups excluding tert-OH is 1. The third-order valence-electron chi connectivity index (χ3n) is 2.42. The van der Waals surface area contributed by atoms with Crippen molar-refractivity contribution in [1.82, 2.24) is 15.5 Å². The molecule has 17 heavy (non-hydrogen) atoms. The quantitative estimate of drug-likeness (QED) is 0.465. The van der Waals surface area contributed by atoms with Crippen molar-refractivity contribution in [1.29, 1.82) is 0 Å². The first-order chi connectivity index (χ1) is 7.88. The maximum atomic E-state index is 11.3. The minimum absolute atomic E-state index is 0.379. The van der Waals surface area contributed by atoms with Gasteiger partial charge in [-0.1, -0.05) is 0 Å². The Morgan fingerprint density at radius 1 is 1.35 bits per heavy atom. The van der Waals surface area contributed by atoms with Gasteiger partial charge in [-0.05, 0) is 20.9 Å². The smallest absolute Gasteiger partial charge is 0.328 e. The van der Waals surface area contributed by atoms with Gasteiger partial charge in [-0.25, -0.2) is 9.59 Å². The summed E-state index contributed by atoms with van der Waals surface area (Å²) in [5.74, 6) is -1.26. The van der Waals surface area contributed by atoms with E-state index in [4.69, 9.17) is 10.2 Å². The standard InChI is InChI=1S/C10H21N3O4/c1-7(2)13(3)5-4-11-10(17)12-8(6-14)9(15)16/h7-8,14H,4-6H2,1-3H3,(H,15,16)(H2,11,12,17). The molecule has 4 N–H and O–H groups in total. The molecule has 7 heteroatoms. The van der Waals surface area contributed by atoms with E-state index in [-0.39, 0.29) is 0 Å². The zero-order valence-corrected chi connectivity index (χ0v) is 10.4. The van der Waals surface area contributed by atoms with E-state index in [2.05, 4.69) is 10.6 Å². The topological polar surface area (TPSA) is 102 Å². The van der Waals surface area contributed by atoms with Gasteiger partial charge in [-0.15, -0.1) is 0 Å². The van der Waals surface area contributed by atoms with Crippen molar-refractivity contribution >= 4 is 12.0 Å². The van der Waals surface area contributed by atoms with Crippen LogP contribution in [-0.4, -0.2) is 65.9 Å². The number of aliphatic hydroxyl groups is 1. The van der Waals surface area contributed by atoms with Crippen LogP contribution in [-0.2, 0) is 4.79 Å². The molecule has 0 aliphatic rings. The Balaban J connectivity index is 3.83. The molecule has 0 saturated heterocycles. The average Bonchev–Trinajstić information content (AvgIpc) is 2.25. The van der Waals surface area contributed by atoms with E-state index in [0.29, 0.717) is 19.1 Å². The summed E-state index contributed by atoms with van der Waals surface area (Å²) < 4.78 is 0. The number of urea groups is 1. The fourth-order valence-electron chi connectivity index (χ4n) is 0.999. The lowest BCUT2D eigenvalue weighted by atomic mass is 10.3. The van der Waals surface area contributed by atoms with Crippen LogP contribution in [0.3, 0.4) is 0 Å². The van der Waals surface area contributed by atoms with Gasteiger partial charge in [0.15, 0.2) is 6.04 Å². The van der Waals surface area contributed by atoms with E-state index >= 15 is 0 Å². The number of likely N-dealkylation sites (N-methyl/N-ethyl adjacent to an activating group) is 1. The van der Waals surface area contributed by atoms with E-state index in [0.717, 1.165) is 0 Å². The van der Waals surface area contributed by atoms with Gasteiger partial charge in [0.05, 0.1) is 6.61 Å². The molecule has 0 aromatic heterocycles. The van der Waals surface area contributed by atoms with Crippen molar-refractivity contribution < 1.29 is 19.8 Å². The van der Waals surface area contributed by atoms with Gasteiger partial charge in [0.1, 0.15) is 0 Å². The summed E-state index contributed by atoms with van der Waals surface area (Å²) in [6.45, 7) is 4.52. The fourth-order valence-corrected chi connectivity index (χ4v) is 0.999. The molecular weight excluding hydrogens is 226 g/mol. The molecule has 0 rings (SSSR count). The molecule has 0 spiro atoms. The first kappa shape index (κ1) is 15.7. The van der Waals surface area contributed by atoms with Crippen LogP contribution in [0.15, 0.2) is 0 Å². The van der Waals surface area contributed by atoms with Crippen molar-refractivity contribution in [2.24, 2.45) is 0 Å². The number of carboxylic acid groups (broad SMARTS) is 1. The lowest BCUT2D eigenvalue weighted by Gasteiger charge is -2.21. The van der Waals surface area contributed by atoms with Crippen LogP contribution in [0.5, 0.6) is 0 Å². The molecule has 0 aromatic rings. The summed E-state index contributed by atoms with van der Waals surface area (Å²) in [5.41, 5.74) is 0. The molecule has 7 nitrogen and oxygen atoms in total. The average molecular weight is 247 g/mol. The highest BCUT2D eigenvalue weighted by Gasteiger charge is 2.18. The predicted octanol–water partition coefficient (Wildman–Crippen LogP) is -0.929. The van der Waals surface area contributed by atoms with E-state index in [1.54, 1.807) is 0 Å². The molecule has 100 valence electrons. The highest BCUT2D eigenvalue weighted by atomic mass is 16.4. The SMILES string of the molecule is CC(C)N(C)CCNC(=O)NC(CO)C(=O)O. The molecule has 0 saturated carbocycles. The maximum Gasteiger partial charge on any atom is 0.328 e. The van der Waals surface area contributed by atoms with Crippen molar-refractivity contribution in [3.05, 3.63) is 0 Å². The van der Waals surface area contributed by atoms with Gasteiger partial charge in [-0.2, -0.15) is 0 Å². The van der Waals surface area contributed by atoms with E-state index < -0.39 is 24.6 Å². The Hall–Kier alpha value is -1.34. The predicted molar refractivity (Wildman–Crippen MR) is 62.8 cm³/mol. The van der Waals surface area contributed by atoms with Gasteiger partial charge in [0, 0.05) is 19.1 Å². The van der Waals surface area contributed by atoms with Crippen LogP contribution < -0.4 is 10.6 Å². The Kier molecular flexibility index (Phi) is 7.24. The first-order valence-electron chi connectivity index (χ1n) is 5.46. The number of nitrogens with zero attached hydrogens (tertiary/aromatic N) is 1. The molecule has 0 radical (unpaired) electrons. The van der Waals surface area contributed by atoms with Crippen LogP contribution in [0, 0.1) is 0 Å². The van der Waals surface area contributed by atoms with Crippen LogP contribution in [0.25, 0.3) is 0 Å². The molecule has 0 heterocycles. The minimum atomic E-state index is -1.27. The highest BCUT2D eigenvalue weighted by molar-refractivity contribution is 5.82. The number of carbonyl (C=O) groups excluding carboxylic acids is 1. The molecule has 0 aliphatic heterocycles. The van der Waals surface area contributed by atoms with Crippen LogP contribution in [0.1, 0.15) is 13.8 Å². The number of nitrogens with one attached hydrogen (secondary N) is 2. The summed E-state index contributed by atoms with van der Waals surface area (Å²) in [6.07, 6.45) is 0. The normalized spacial score (nSPS) is 12.6. The van der Waals surface area contributed by atoms with Crippen LogP contribution in [0.4, 0.5) is 4.79 Å². The van der Waals surface area contributed by atoms with Gasteiger partial charge < -0.3 is 25.7 Å². The number of carbonyl (C=O) groups is 2. The van der Waals surface area contributed by atoms with Crippen molar-refractivity contribution in [3.8, 4) is 0 Å². The molecule has 1 atom stereocenters. The number of carboxylic acids is 1. The summed E-state index contributed by atoms with van der Waals surface area (Å²) >= 11 is 0. The van der Waals surface area contributed by atoms with Crippen molar-refractivity contribution in [3.63, 3.8) is 0 Å². The molecule has 0 aromatic carbocycles. The van der Waals surface area contributed by atoms with Crippen LogP contribution >= 0.6 is 0 Å². The third kappa shape index (κ3) is 6.75. The molecular formula is C10H21N3O4. The van der Waals surface area contributed by atoms with Gasteiger partial charge in [0.2, 0.25) is 0 Å².